The smallest absolute Gasteiger partial charge is 0.185 e. The van der Waals surface area contributed by atoms with Gasteiger partial charge in [-0.15, -0.1) is 0 Å². The molecular formula is C16H19NO. The molecule has 0 radical (unpaired) electrons. The van der Waals surface area contributed by atoms with E-state index >= 15 is 0 Å². The van der Waals surface area contributed by atoms with Crippen LogP contribution < -0.4 is 0 Å². The Balaban J connectivity index is 2.76. The average molecular weight is 241 g/mol. The first-order valence-corrected chi connectivity index (χ1v) is 6.25. The van der Waals surface area contributed by atoms with Crippen LogP contribution in [0.2, 0.25) is 0 Å². The number of fused-ring (bicyclic) bond motifs is 1. The van der Waals surface area contributed by atoms with Crippen LogP contribution in [0.5, 0.6) is 0 Å². The van der Waals surface area contributed by atoms with Crippen LogP contribution in [0.4, 0.5) is 0 Å². The maximum absolute atomic E-state index is 11.7. The van der Waals surface area contributed by atoms with E-state index in [1.54, 1.807) is 0 Å². The molecule has 0 saturated carbocycles. The molecule has 0 fully saturated rings. The highest BCUT2D eigenvalue weighted by Crippen LogP contribution is 2.29. The molecule has 2 nitrogen and oxygen atoms in total. The van der Waals surface area contributed by atoms with Gasteiger partial charge in [-0.3, -0.25) is 4.79 Å². The van der Waals surface area contributed by atoms with Gasteiger partial charge in [0.15, 0.2) is 5.78 Å². The van der Waals surface area contributed by atoms with Gasteiger partial charge in [-0.05, 0) is 57.5 Å². The molecule has 0 saturated heterocycles. The maximum Gasteiger partial charge on any atom is 0.185 e. The monoisotopic (exact) mass is 241 g/mol. The highest BCUT2D eigenvalue weighted by Gasteiger charge is 2.14. The van der Waals surface area contributed by atoms with E-state index < -0.39 is 0 Å². The fourth-order valence-corrected chi connectivity index (χ4v) is 2.54. The molecule has 94 valence electrons. The van der Waals surface area contributed by atoms with Crippen LogP contribution in [-0.2, 0) is 0 Å². The van der Waals surface area contributed by atoms with Gasteiger partial charge in [0.25, 0.3) is 0 Å². The topological polar surface area (TPSA) is 22.0 Å². The molecular weight excluding hydrogens is 222 g/mol. The minimum absolute atomic E-state index is 0.0220. The van der Waals surface area contributed by atoms with Gasteiger partial charge in [-0.2, -0.15) is 0 Å². The first-order valence-electron chi connectivity index (χ1n) is 6.25. The van der Waals surface area contributed by atoms with E-state index in [4.69, 9.17) is 0 Å². The van der Waals surface area contributed by atoms with Crippen LogP contribution in [0.25, 0.3) is 10.9 Å². The molecule has 2 rings (SSSR count). The molecule has 0 unspecified atom stereocenters. The van der Waals surface area contributed by atoms with Crippen LogP contribution in [0.15, 0.2) is 30.9 Å². The van der Waals surface area contributed by atoms with Crippen molar-refractivity contribution < 1.29 is 4.79 Å². The summed E-state index contributed by atoms with van der Waals surface area (Å²) in [5.74, 6) is -0.0220. The van der Waals surface area contributed by atoms with Gasteiger partial charge in [-0.1, -0.05) is 6.58 Å². The van der Waals surface area contributed by atoms with Crippen molar-refractivity contribution in [3.05, 3.63) is 47.7 Å². The van der Waals surface area contributed by atoms with Crippen molar-refractivity contribution in [2.75, 3.05) is 0 Å². The molecule has 1 heterocycles. The Labute approximate surface area is 108 Å². The molecule has 2 heteroatoms. The largest absolute Gasteiger partial charge is 0.342 e. The van der Waals surface area contributed by atoms with Crippen LogP contribution in [0.3, 0.4) is 0 Å². The third kappa shape index (κ3) is 1.78. The third-order valence-corrected chi connectivity index (χ3v) is 3.55. The SMILES string of the molecule is C=CC(=O)c1ccc2c(c1)c(C)c(C)n2C(C)C. The standard InChI is InChI=1S/C16H19NO/c1-6-16(18)13-7-8-15-14(9-13)11(4)12(5)17(15)10(2)3/h6-10H,1H2,2-5H3. The van der Waals surface area contributed by atoms with Crippen molar-refractivity contribution in [1.29, 1.82) is 0 Å². The summed E-state index contributed by atoms with van der Waals surface area (Å²) < 4.78 is 2.31. The number of benzene rings is 1. The van der Waals surface area contributed by atoms with Crippen molar-refractivity contribution in [3.8, 4) is 0 Å². The Kier molecular flexibility index (Phi) is 3.12. The molecule has 0 aliphatic heterocycles. The Morgan fingerprint density at radius 1 is 1.33 bits per heavy atom. The van der Waals surface area contributed by atoms with Gasteiger partial charge in [0, 0.05) is 28.2 Å². The number of ketones is 1. The summed E-state index contributed by atoms with van der Waals surface area (Å²) in [6, 6.07) is 6.30. The number of aryl methyl sites for hydroxylation is 1. The lowest BCUT2D eigenvalue weighted by Crippen LogP contribution is -2.02. The zero-order valence-corrected chi connectivity index (χ0v) is 11.4. The van der Waals surface area contributed by atoms with Gasteiger partial charge in [0.2, 0.25) is 0 Å². The highest BCUT2D eigenvalue weighted by atomic mass is 16.1. The van der Waals surface area contributed by atoms with Crippen molar-refractivity contribution in [2.45, 2.75) is 33.7 Å². The van der Waals surface area contributed by atoms with E-state index in [0.29, 0.717) is 11.6 Å². The van der Waals surface area contributed by atoms with Crippen molar-refractivity contribution in [3.63, 3.8) is 0 Å². The number of allylic oxidation sites excluding steroid dienone is 1. The summed E-state index contributed by atoms with van der Waals surface area (Å²) >= 11 is 0. The van der Waals surface area contributed by atoms with Gasteiger partial charge in [0.1, 0.15) is 0 Å². The van der Waals surface area contributed by atoms with Crippen molar-refractivity contribution >= 4 is 16.7 Å². The first-order chi connectivity index (χ1) is 8.47. The summed E-state index contributed by atoms with van der Waals surface area (Å²) in [6.07, 6.45) is 1.36. The van der Waals surface area contributed by atoms with Gasteiger partial charge < -0.3 is 4.57 Å². The first kappa shape index (κ1) is 12.6. The molecule has 0 aliphatic rings. The second kappa shape index (κ2) is 4.45. The Hall–Kier alpha value is -1.83. The lowest BCUT2D eigenvalue weighted by atomic mass is 10.1. The molecule has 0 aliphatic carbocycles. The molecule has 0 atom stereocenters. The molecule has 0 bridgehead atoms. The number of rotatable bonds is 3. The summed E-state index contributed by atoms with van der Waals surface area (Å²) in [4.78, 5) is 11.7. The molecule has 0 N–H and O–H groups in total. The van der Waals surface area contributed by atoms with E-state index in [1.807, 2.05) is 18.2 Å². The second-order valence-electron chi connectivity index (χ2n) is 4.97. The van der Waals surface area contributed by atoms with E-state index in [-0.39, 0.29) is 5.78 Å². The van der Waals surface area contributed by atoms with E-state index in [2.05, 4.69) is 38.8 Å². The molecule has 0 amide bonds. The molecule has 2 aromatic rings. The average Bonchev–Trinajstić information content (AvgIpc) is 2.60. The summed E-state index contributed by atoms with van der Waals surface area (Å²) in [5, 5.41) is 1.16. The van der Waals surface area contributed by atoms with Crippen LogP contribution in [0, 0.1) is 13.8 Å². The highest BCUT2D eigenvalue weighted by molar-refractivity contribution is 6.06. The summed E-state index contributed by atoms with van der Waals surface area (Å²) in [7, 11) is 0. The maximum atomic E-state index is 11.7. The van der Waals surface area contributed by atoms with Crippen molar-refractivity contribution in [1.82, 2.24) is 4.57 Å². The number of hydrogen-bond donors (Lipinski definition) is 0. The van der Waals surface area contributed by atoms with E-state index in [1.165, 1.54) is 22.9 Å². The fraction of sp³-hybridized carbons (Fsp3) is 0.312. The van der Waals surface area contributed by atoms with Crippen molar-refractivity contribution in [2.24, 2.45) is 0 Å². The van der Waals surface area contributed by atoms with Crippen LogP contribution in [0.1, 0.15) is 41.5 Å². The Bertz CT molecular complexity index is 632. The van der Waals surface area contributed by atoms with E-state index in [0.717, 1.165) is 5.39 Å². The van der Waals surface area contributed by atoms with Crippen LogP contribution in [-0.4, -0.2) is 10.4 Å². The Morgan fingerprint density at radius 2 is 2.00 bits per heavy atom. The zero-order chi connectivity index (χ0) is 13.4. The number of hydrogen-bond acceptors (Lipinski definition) is 1. The van der Waals surface area contributed by atoms with Crippen LogP contribution >= 0.6 is 0 Å². The predicted octanol–water partition coefficient (Wildman–Crippen LogP) is 4.21. The predicted molar refractivity (Wildman–Crippen MR) is 76.3 cm³/mol. The molecule has 18 heavy (non-hydrogen) atoms. The fourth-order valence-electron chi connectivity index (χ4n) is 2.54. The summed E-state index contributed by atoms with van der Waals surface area (Å²) in [5.41, 5.74) is 4.42. The molecule has 1 aromatic carbocycles. The zero-order valence-electron chi connectivity index (χ0n) is 11.4. The minimum atomic E-state index is -0.0220. The Morgan fingerprint density at radius 3 is 2.56 bits per heavy atom. The van der Waals surface area contributed by atoms with E-state index in [9.17, 15) is 4.79 Å². The van der Waals surface area contributed by atoms with Gasteiger partial charge in [-0.25, -0.2) is 0 Å². The lowest BCUT2D eigenvalue weighted by molar-refractivity contribution is 0.104. The number of carbonyl (C=O) groups excluding carboxylic acids is 1. The minimum Gasteiger partial charge on any atom is -0.342 e. The molecule has 1 aromatic heterocycles. The number of aromatic nitrogens is 1. The quantitative estimate of drug-likeness (QED) is 0.583. The number of carbonyl (C=O) groups is 1. The molecule has 0 spiro atoms. The second-order valence-corrected chi connectivity index (χ2v) is 4.97. The third-order valence-electron chi connectivity index (χ3n) is 3.55. The number of nitrogens with zero attached hydrogens (tertiary/aromatic N) is 1. The normalized spacial score (nSPS) is 11.2. The van der Waals surface area contributed by atoms with Gasteiger partial charge >= 0.3 is 0 Å². The summed E-state index contributed by atoms with van der Waals surface area (Å²) in [6.45, 7) is 12.1. The lowest BCUT2D eigenvalue weighted by Gasteiger charge is -2.12. The van der Waals surface area contributed by atoms with Gasteiger partial charge in [0.05, 0.1) is 0 Å².